The third-order valence-corrected chi connectivity index (χ3v) is 7.33. The third kappa shape index (κ3) is 21.4. The van der Waals surface area contributed by atoms with Gasteiger partial charge in [0.2, 0.25) is 0 Å². The zero-order chi connectivity index (χ0) is 32.0. The molecule has 0 heterocycles. The molecular weight excluding hydrogens is 568 g/mol. The maximum absolute atomic E-state index is 11.8. The molecule has 2 aromatic rings. The lowest BCUT2D eigenvalue weighted by atomic mass is 10.1. The van der Waals surface area contributed by atoms with Crippen LogP contribution in [0.4, 0.5) is 16.2 Å². The minimum atomic E-state index is -0.136. The number of unbranched alkanes of at least 4 members (excludes halogenated alkanes) is 10. The van der Waals surface area contributed by atoms with Crippen molar-refractivity contribution in [3.8, 4) is 5.75 Å². The van der Waals surface area contributed by atoms with Gasteiger partial charge in [0.05, 0.1) is 51.0 Å². The van der Waals surface area contributed by atoms with Crippen molar-refractivity contribution in [2.75, 3.05) is 59.8 Å². The first kappa shape index (κ1) is 38.2. The molecule has 0 atom stereocenters. The van der Waals surface area contributed by atoms with Gasteiger partial charge in [-0.25, -0.2) is 4.79 Å². The fraction of sp³-hybridized carbons (Fsp3) is 0.639. The highest BCUT2D eigenvalue weighted by Crippen LogP contribution is 2.22. The molecule has 9 nitrogen and oxygen atoms in total. The van der Waals surface area contributed by atoms with Crippen LogP contribution in [0.25, 0.3) is 0 Å². The van der Waals surface area contributed by atoms with E-state index in [1.165, 1.54) is 63.4 Å². The Morgan fingerprint density at radius 2 is 1.16 bits per heavy atom. The predicted molar refractivity (Wildman–Crippen MR) is 182 cm³/mol. The van der Waals surface area contributed by atoms with Crippen molar-refractivity contribution in [3.63, 3.8) is 0 Å². The predicted octanol–water partition coefficient (Wildman–Crippen LogP) is 8.70. The monoisotopic (exact) mass is 626 g/mol. The summed E-state index contributed by atoms with van der Waals surface area (Å²) in [7, 11) is 1.64. The average molecular weight is 627 g/mol. The molecule has 45 heavy (non-hydrogen) atoms. The van der Waals surface area contributed by atoms with Crippen molar-refractivity contribution >= 4 is 17.4 Å². The minimum Gasteiger partial charge on any atom is -0.494 e. The second kappa shape index (κ2) is 27.3. The molecule has 0 aromatic heterocycles. The third-order valence-electron chi connectivity index (χ3n) is 7.33. The molecule has 0 aliphatic heterocycles. The Kier molecular flexibility index (Phi) is 23.2. The van der Waals surface area contributed by atoms with Crippen LogP contribution in [-0.4, -0.2) is 65.9 Å². The van der Waals surface area contributed by atoms with E-state index in [1.54, 1.807) is 7.11 Å². The second-order valence-corrected chi connectivity index (χ2v) is 11.2. The van der Waals surface area contributed by atoms with Crippen molar-refractivity contribution in [3.05, 3.63) is 54.1 Å². The number of amides is 2. The first-order valence-corrected chi connectivity index (χ1v) is 17.1. The van der Waals surface area contributed by atoms with Gasteiger partial charge in [-0.2, -0.15) is 10.2 Å². The van der Waals surface area contributed by atoms with Gasteiger partial charge in [0.25, 0.3) is 0 Å². The summed E-state index contributed by atoms with van der Waals surface area (Å²) in [5.41, 5.74) is 3.06. The van der Waals surface area contributed by atoms with Crippen LogP contribution < -0.4 is 15.4 Å². The van der Waals surface area contributed by atoms with Crippen molar-refractivity contribution < 1.29 is 23.7 Å². The highest BCUT2D eigenvalue weighted by molar-refractivity contribution is 5.73. The highest BCUT2D eigenvalue weighted by Gasteiger charge is 2.00. The molecule has 0 radical (unpaired) electrons. The molecule has 0 saturated heterocycles. The molecular formula is C36H58N4O5. The summed E-state index contributed by atoms with van der Waals surface area (Å²) in [5.74, 6) is 0.872. The molecule has 0 aliphatic rings. The largest absolute Gasteiger partial charge is 0.494 e. The van der Waals surface area contributed by atoms with E-state index in [-0.39, 0.29) is 6.03 Å². The van der Waals surface area contributed by atoms with Crippen LogP contribution >= 0.6 is 0 Å². The smallest absolute Gasteiger partial charge is 0.314 e. The van der Waals surface area contributed by atoms with Crippen LogP contribution in [-0.2, 0) is 20.6 Å². The normalized spacial score (nSPS) is 11.2. The van der Waals surface area contributed by atoms with Crippen molar-refractivity contribution in [1.29, 1.82) is 0 Å². The summed E-state index contributed by atoms with van der Waals surface area (Å²) < 4.78 is 21.5. The van der Waals surface area contributed by atoms with Gasteiger partial charge in [0.1, 0.15) is 5.75 Å². The molecule has 0 saturated carbocycles. The van der Waals surface area contributed by atoms with E-state index in [9.17, 15) is 4.79 Å². The van der Waals surface area contributed by atoms with E-state index in [0.29, 0.717) is 46.1 Å². The zero-order valence-corrected chi connectivity index (χ0v) is 27.9. The van der Waals surface area contributed by atoms with E-state index in [0.717, 1.165) is 49.4 Å². The minimum absolute atomic E-state index is 0.136. The van der Waals surface area contributed by atoms with E-state index in [4.69, 9.17) is 18.9 Å². The zero-order valence-electron chi connectivity index (χ0n) is 27.9. The van der Waals surface area contributed by atoms with Gasteiger partial charge >= 0.3 is 6.03 Å². The maximum atomic E-state index is 11.8. The van der Waals surface area contributed by atoms with Gasteiger partial charge in [-0.15, -0.1) is 0 Å². The first-order chi connectivity index (χ1) is 22.2. The van der Waals surface area contributed by atoms with E-state index >= 15 is 0 Å². The van der Waals surface area contributed by atoms with Crippen molar-refractivity contribution in [2.24, 2.45) is 10.2 Å². The van der Waals surface area contributed by atoms with Crippen LogP contribution in [0.3, 0.4) is 0 Å². The highest BCUT2D eigenvalue weighted by atomic mass is 16.5. The van der Waals surface area contributed by atoms with Gasteiger partial charge < -0.3 is 29.6 Å². The SMILES string of the molecule is CCCCCCc1ccc(N=Nc2ccc(OCCCCCCCCCCNC(=O)NCCOCCOCCOC)cc2)cc1. The Morgan fingerprint density at radius 3 is 1.82 bits per heavy atom. The Bertz CT molecular complexity index is 1000. The number of hydrogen-bond donors (Lipinski definition) is 2. The van der Waals surface area contributed by atoms with E-state index in [1.807, 2.05) is 36.4 Å². The summed E-state index contributed by atoms with van der Waals surface area (Å²) >= 11 is 0. The van der Waals surface area contributed by atoms with Gasteiger partial charge in [-0.1, -0.05) is 76.8 Å². The van der Waals surface area contributed by atoms with Crippen molar-refractivity contribution in [1.82, 2.24) is 10.6 Å². The Hall–Kier alpha value is -3.01. The Labute approximate surface area is 271 Å². The van der Waals surface area contributed by atoms with Crippen LogP contribution in [0.2, 0.25) is 0 Å². The van der Waals surface area contributed by atoms with Crippen LogP contribution in [0.5, 0.6) is 5.75 Å². The molecule has 0 spiro atoms. The van der Waals surface area contributed by atoms with Crippen LogP contribution in [0, 0.1) is 0 Å². The van der Waals surface area contributed by atoms with Crippen molar-refractivity contribution in [2.45, 2.75) is 90.4 Å². The molecule has 2 N–H and O–H groups in total. The number of azo groups is 1. The number of nitrogens with zero attached hydrogens (tertiary/aromatic N) is 2. The number of ether oxygens (including phenoxy) is 4. The molecule has 9 heteroatoms. The lowest BCUT2D eigenvalue weighted by molar-refractivity contribution is 0.0259. The maximum Gasteiger partial charge on any atom is 0.314 e. The molecule has 2 rings (SSSR count). The van der Waals surface area contributed by atoms with Crippen LogP contribution in [0.15, 0.2) is 58.8 Å². The van der Waals surface area contributed by atoms with E-state index < -0.39 is 0 Å². The molecule has 0 aliphatic carbocycles. The molecule has 252 valence electrons. The summed E-state index contributed by atoms with van der Waals surface area (Å²) in [6, 6.07) is 16.1. The standard InChI is InChI=1S/C36H58N4O5/c1-3-4-5-12-15-32-16-18-33(19-17-32)39-40-34-20-22-35(23-21-34)45-26-14-11-9-7-6-8-10-13-24-37-36(41)38-25-27-43-30-31-44-29-28-42-2/h16-23H,3-15,24-31H2,1-2H3,(H2,37,38,41). The molecule has 2 aromatic carbocycles. The number of nitrogens with one attached hydrogen (secondary N) is 2. The summed E-state index contributed by atoms with van der Waals surface area (Å²) in [5, 5.41) is 14.5. The number of methoxy groups -OCH3 is 1. The number of carbonyl (C=O) groups is 1. The Balaban J connectivity index is 1.38. The second-order valence-electron chi connectivity index (χ2n) is 11.2. The van der Waals surface area contributed by atoms with Gasteiger partial charge in [-0.3, -0.25) is 0 Å². The van der Waals surface area contributed by atoms with Crippen LogP contribution in [0.1, 0.15) is 89.5 Å². The number of hydrogen-bond acceptors (Lipinski definition) is 7. The van der Waals surface area contributed by atoms with Gasteiger partial charge in [0.15, 0.2) is 0 Å². The quantitative estimate of drug-likeness (QED) is 0.0726. The molecule has 2 amide bonds. The Morgan fingerprint density at radius 1 is 0.600 bits per heavy atom. The van der Waals surface area contributed by atoms with E-state index in [2.05, 4.69) is 39.9 Å². The average Bonchev–Trinajstić information content (AvgIpc) is 3.06. The first-order valence-electron chi connectivity index (χ1n) is 17.1. The lowest BCUT2D eigenvalue weighted by Crippen LogP contribution is -2.37. The molecule has 0 bridgehead atoms. The number of urea groups is 1. The number of benzene rings is 2. The summed E-state index contributed by atoms with van der Waals surface area (Å²) in [6.45, 7) is 6.84. The summed E-state index contributed by atoms with van der Waals surface area (Å²) in [6.07, 6.45) is 15.5. The van der Waals surface area contributed by atoms with Gasteiger partial charge in [0, 0.05) is 20.2 Å². The number of aryl methyl sites for hydroxylation is 1. The number of carbonyl (C=O) groups excluding carboxylic acids is 1. The molecule has 0 fully saturated rings. The summed E-state index contributed by atoms with van der Waals surface area (Å²) in [4.78, 5) is 11.8. The molecule has 0 unspecified atom stereocenters. The fourth-order valence-corrected chi connectivity index (χ4v) is 4.65. The number of rotatable bonds is 28. The topological polar surface area (TPSA) is 103 Å². The lowest BCUT2D eigenvalue weighted by Gasteiger charge is -2.09. The fourth-order valence-electron chi connectivity index (χ4n) is 4.65. The van der Waals surface area contributed by atoms with Gasteiger partial charge in [-0.05, 0) is 67.6 Å².